The molecule has 0 saturated heterocycles. The summed E-state index contributed by atoms with van der Waals surface area (Å²) in [6.45, 7) is 7.69. The number of benzene rings is 1. The molecule has 0 aliphatic rings. The zero-order valence-corrected chi connectivity index (χ0v) is 10.4. The Kier molecular flexibility index (Phi) is 5.27. The molecule has 0 atom stereocenters. The zero-order valence-electron chi connectivity index (χ0n) is 10.4. The highest BCUT2D eigenvalue weighted by Crippen LogP contribution is 2.18. The number of esters is 1. The maximum atomic E-state index is 11.3. The molecule has 0 fully saturated rings. The van der Waals surface area contributed by atoms with Gasteiger partial charge in [0.25, 0.3) is 0 Å². The molecule has 0 aromatic heterocycles. The van der Waals surface area contributed by atoms with Gasteiger partial charge in [0, 0.05) is 0 Å². The summed E-state index contributed by atoms with van der Waals surface area (Å²) < 4.78 is 10.4. The predicted molar refractivity (Wildman–Crippen MR) is 67.1 cm³/mol. The van der Waals surface area contributed by atoms with Crippen molar-refractivity contribution in [3.8, 4) is 5.75 Å². The van der Waals surface area contributed by atoms with Crippen LogP contribution in [0.2, 0.25) is 0 Å². The predicted octanol–water partition coefficient (Wildman–Crippen LogP) is 2.75. The normalized spacial score (nSPS) is 9.76. The second kappa shape index (κ2) is 6.74. The van der Waals surface area contributed by atoms with Crippen LogP contribution in [0.25, 0.3) is 0 Å². The highest BCUT2D eigenvalue weighted by Gasteiger charge is 2.06. The summed E-state index contributed by atoms with van der Waals surface area (Å²) in [5.41, 5.74) is 1.90. The molecule has 0 heterocycles. The fourth-order valence-corrected chi connectivity index (χ4v) is 1.32. The Morgan fingerprint density at radius 2 is 2.00 bits per heavy atom. The largest absolute Gasteiger partial charge is 0.482 e. The van der Waals surface area contributed by atoms with Crippen molar-refractivity contribution in [1.82, 2.24) is 0 Å². The molecular formula is C14H18O3. The van der Waals surface area contributed by atoms with Crippen LogP contribution in [0.1, 0.15) is 19.4 Å². The smallest absolute Gasteiger partial charge is 0.344 e. The number of carbonyl (C=O) groups is 1. The zero-order chi connectivity index (χ0) is 12.7. The van der Waals surface area contributed by atoms with Crippen LogP contribution in [-0.2, 0) is 16.0 Å². The van der Waals surface area contributed by atoms with Gasteiger partial charge in [-0.2, -0.15) is 0 Å². The highest BCUT2D eigenvalue weighted by molar-refractivity contribution is 5.71. The van der Waals surface area contributed by atoms with Crippen LogP contribution in [0.5, 0.6) is 5.75 Å². The lowest BCUT2D eigenvalue weighted by molar-refractivity contribution is -0.145. The van der Waals surface area contributed by atoms with Gasteiger partial charge in [-0.1, -0.05) is 31.7 Å². The number of hydrogen-bond donors (Lipinski definition) is 0. The van der Waals surface area contributed by atoms with Crippen molar-refractivity contribution in [2.75, 3.05) is 13.2 Å². The van der Waals surface area contributed by atoms with Crippen molar-refractivity contribution < 1.29 is 14.3 Å². The topological polar surface area (TPSA) is 35.5 Å². The molecule has 17 heavy (non-hydrogen) atoms. The summed E-state index contributed by atoms with van der Waals surface area (Å²) in [5, 5.41) is 0. The molecule has 0 amide bonds. The van der Waals surface area contributed by atoms with Crippen LogP contribution >= 0.6 is 0 Å². The molecular weight excluding hydrogens is 216 g/mol. The van der Waals surface area contributed by atoms with E-state index < -0.39 is 0 Å². The van der Waals surface area contributed by atoms with E-state index in [2.05, 4.69) is 6.58 Å². The van der Waals surface area contributed by atoms with Gasteiger partial charge in [0.1, 0.15) is 12.4 Å². The Labute approximate surface area is 102 Å². The second-order valence-corrected chi connectivity index (χ2v) is 3.87. The van der Waals surface area contributed by atoms with E-state index in [1.54, 1.807) is 6.92 Å². The Bertz CT molecular complexity index is 396. The summed E-state index contributed by atoms with van der Waals surface area (Å²) in [4.78, 5) is 11.3. The third kappa shape index (κ3) is 4.72. The van der Waals surface area contributed by atoms with E-state index >= 15 is 0 Å². The molecule has 0 N–H and O–H groups in total. The minimum atomic E-state index is -0.376. The van der Waals surface area contributed by atoms with Gasteiger partial charge in [-0.05, 0) is 30.5 Å². The van der Waals surface area contributed by atoms with E-state index in [0.717, 1.165) is 23.3 Å². The molecule has 0 aliphatic carbocycles. The molecule has 0 unspecified atom stereocenters. The van der Waals surface area contributed by atoms with Gasteiger partial charge in [-0.3, -0.25) is 0 Å². The Hall–Kier alpha value is -1.77. The van der Waals surface area contributed by atoms with Crippen molar-refractivity contribution in [3.63, 3.8) is 0 Å². The first-order chi connectivity index (χ1) is 8.13. The van der Waals surface area contributed by atoms with Crippen LogP contribution in [0, 0.1) is 0 Å². The summed E-state index contributed by atoms with van der Waals surface area (Å²) in [7, 11) is 0. The molecule has 0 spiro atoms. The van der Waals surface area contributed by atoms with Crippen LogP contribution in [0.15, 0.2) is 36.4 Å². The molecule has 1 aromatic carbocycles. The fourth-order valence-electron chi connectivity index (χ4n) is 1.32. The summed E-state index contributed by atoms with van der Waals surface area (Å²) in [6.07, 6.45) is 0.872. The maximum Gasteiger partial charge on any atom is 0.344 e. The SMILES string of the molecule is C=C(C)COC(=O)COc1ccccc1CC. The molecule has 1 rings (SSSR count). The third-order valence-corrected chi connectivity index (χ3v) is 2.18. The third-order valence-electron chi connectivity index (χ3n) is 2.18. The summed E-state index contributed by atoms with van der Waals surface area (Å²) in [5.74, 6) is 0.362. The van der Waals surface area contributed by atoms with E-state index in [-0.39, 0.29) is 19.2 Å². The Morgan fingerprint density at radius 3 is 2.65 bits per heavy atom. The van der Waals surface area contributed by atoms with Gasteiger partial charge >= 0.3 is 5.97 Å². The van der Waals surface area contributed by atoms with Crippen molar-refractivity contribution in [2.45, 2.75) is 20.3 Å². The molecule has 0 aliphatic heterocycles. The molecule has 92 valence electrons. The van der Waals surface area contributed by atoms with Gasteiger partial charge < -0.3 is 9.47 Å². The van der Waals surface area contributed by atoms with Gasteiger partial charge in [-0.15, -0.1) is 0 Å². The van der Waals surface area contributed by atoms with Gasteiger partial charge in [0.05, 0.1) is 0 Å². The first-order valence-electron chi connectivity index (χ1n) is 5.64. The van der Waals surface area contributed by atoms with E-state index in [0.29, 0.717) is 0 Å². The second-order valence-electron chi connectivity index (χ2n) is 3.87. The molecule has 0 radical (unpaired) electrons. The number of hydrogen-bond acceptors (Lipinski definition) is 3. The molecule has 3 nitrogen and oxygen atoms in total. The van der Waals surface area contributed by atoms with Crippen molar-refractivity contribution in [2.24, 2.45) is 0 Å². The van der Waals surface area contributed by atoms with Gasteiger partial charge in [0.15, 0.2) is 6.61 Å². The lowest BCUT2D eigenvalue weighted by Gasteiger charge is -2.09. The number of para-hydroxylation sites is 1. The Balaban J connectivity index is 2.44. The van der Waals surface area contributed by atoms with Crippen LogP contribution in [0.4, 0.5) is 0 Å². The molecule has 1 aromatic rings. The summed E-state index contributed by atoms with van der Waals surface area (Å²) >= 11 is 0. The van der Waals surface area contributed by atoms with Gasteiger partial charge in [-0.25, -0.2) is 4.79 Å². The van der Waals surface area contributed by atoms with E-state index in [1.165, 1.54) is 0 Å². The Morgan fingerprint density at radius 1 is 1.29 bits per heavy atom. The average Bonchev–Trinajstić information content (AvgIpc) is 2.34. The van der Waals surface area contributed by atoms with Crippen molar-refractivity contribution >= 4 is 5.97 Å². The lowest BCUT2D eigenvalue weighted by Crippen LogP contribution is -2.16. The maximum absolute atomic E-state index is 11.3. The quantitative estimate of drug-likeness (QED) is 0.561. The first kappa shape index (κ1) is 13.3. The van der Waals surface area contributed by atoms with Crippen LogP contribution < -0.4 is 4.74 Å². The number of aryl methyl sites for hydroxylation is 1. The van der Waals surface area contributed by atoms with E-state index in [9.17, 15) is 4.79 Å². The number of rotatable bonds is 6. The molecule has 3 heteroatoms. The average molecular weight is 234 g/mol. The van der Waals surface area contributed by atoms with Crippen LogP contribution in [0.3, 0.4) is 0 Å². The van der Waals surface area contributed by atoms with E-state index in [1.807, 2.05) is 31.2 Å². The minimum absolute atomic E-state index is 0.0652. The lowest BCUT2D eigenvalue weighted by atomic mass is 10.1. The first-order valence-corrected chi connectivity index (χ1v) is 5.64. The minimum Gasteiger partial charge on any atom is -0.482 e. The number of ether oxygens (including phenoxy) is 2. The van der Waals surface area contributed by atoms with Crippen molar-refractivity contribution in [1.29, 1.82) is 0 Å². The molecule has 0 bridgehead atoms. The fraction of sp³-hybridized carbons (Fsp3) is 0.357. The van der Waals surface area contributed by atoms with Crippen LogP contribution in [-0.4, -0.2) is 19.2 Å². The number of carbonyl (C=O) groups excluding carboxylic acids is 1. The molecule has 0 saturated carbocycles. The highest BCUT2D eigenvalue weighted by atomic mass is 16.6. The van der Waals surface area contributed by atoms with Crippen molar-refractivity contribution in [3.05, 3.63) is 42.0 Å². The standard InChI is InChI=1S/C14H18O3/c1-4-12-7-5-6-8-13(12)16-10-14(15)17-9-11(2)3/h5-8H,2,4,9-10H2,1,3H3. The van der Waals surface area contributed by atoms with E-state index in [4.69, 9.17) is 9.47 Å². The summed E-state index contributed by atoms with van der Waals surface area (Å²) in [6, 6.07) is 7.66. The van der Waals surface area contributed by atoms with Gasteiger partial charge in [0.2, 0.25) is 0 Å². The monoisotopic (exact) mass is 234 g/mol.